The van der Waals surface area contributed by atoms with Gasteiger partial charge in [-0.15, -0.1) is 15.0 Å². The van der Waals surface area contributed by atoms with Gasteiger partial charge in [0.15, 0.2) is 17.2 Å². The van der Waals surface area contributed by atoms with Crippen molar-refractivity contribution in [1.29, 1.82) is 0 Å². The summed E-state index contributed by atoms with van der Waals surface area (Å²) in [5, 5.41) is 17.7. The van der Waals surface area contributed by atoms with Crippen molar-refractivity contribution in [2.45, 2.75) is 66.3 Å². The summed E-state index contributed by atoms with van der Waals surface area (Å²) < 4.78 is 37.3. The van der Waals surface area contributed by atoms with Gasteiger partial charge in [0.05, 0.1) is 33.0 Å². The van der Waals surface area contributed by atoms with E-state index in [1.165, 1.54) is 33.3 Å². The molecule has 0 aliphatic carbocycles. The van der Waals surface area contributed by atoms with Gasteiger partial charge in [0, 0.05) is 24.1 Å². The van der Waals surface area contributed by atoms with Crippen molar-refractivity contribution in [2.24, 2.45) is 5.92 Å². The first-order valence-electron chi connectivity index (χ1n) is 13.0. The van der Waals surface area contributed by atoms with Gasteiger partial charge < -0.3 is 44.0 Å². The molecule has 2 rings (SSSR count). The Labute approximate surface area is 237 Å². The van der Waals surface area contributed by atoms with E-state index in [9.17, 15) is 19.5 Å². The van der Waals surface area contributed by atoms with Crippen molar-refractivity contribution in [2.75, 3.05) is 33.2 Å². The van der Waals surface area contributed by atoms with Crippen molar-refractivity contribution in [1.82, 2.24) is 15.0 Å². The molecular formula is C26H38N4O11. The van der Waals surface area contributed by atoms with Crippen LogP contribution >= 0.6 is 0 Å². The molecule has 228 valence electrons. The molecule has 0 saturated carbocycles. The van der Waals surface area contributed by atoms with E-state index in [0.29, 0.717) is 5.75 Å². The molecule has 0 amide bonds. The number of ether oxygens (including phenoxy) is 7. The lowest BCUT2D eigenvalue weighted by Gasteiger charge is -2.31. The lowest BCUT2D eigenvalue weighted by atomic mass is 10.0. The number of aromatic nitrogens is 3. The molecule has 0 bridgehead atoms. The van der Waals surface area contributed by atoms with E-state index in [0.717, 1.165) is 4.80 Å². The zero-order chi connectivity index (χ0) is 30.9. The number of hydrogen-bond donors (Lipinski definition) is 2. The van der Waals surface area contributed by atoms with E-state index in [1.54, 1.807) is 34.6 Å². The Bertz CT molecular complexity index is 1210. The summed E-state index contributed by atoms with van der Waals surface area (Å²) in [6.45, 7) is 10.3. The summed E-state index contributed by atoms with van der Waals surface area (Å²) in [6, 6.07) is 2.77. The minimum Gasteiger partial charge on any atom is -0.493 e. The van der Waals surface area contributed by atoms with Gasteiger partial charge in [-0.05, 0) is 26.8 Å². The molecule has 0 aliphatic heterocycles. The second-order valence-corrected chi connectivity index (χ2v) is 8.91. The van der Waals surface area contributed by atoms with E-state index in [2.05, 4.69) is 10.2 Å². The van der Waals surface area contributed by atoms with Crippen LogP contribution in [0.5, 0.6) is 11.5 Å². The number of rotatable bonds is 15. The number of hydrogen-bond acceptors (Lipinski definition) is 13. The highest BCUT2D eigenvalue weighted by Gasteiger charge is 2.38. The van der Waals surface area contributed by atoms with Crippen LogP contribution in [0.3, 0.4) is 0 Å². The molecule has 15 heteroatoms. The number of carbonyl (C=O) groups is 3. The number of carbonyl (C=O) groups excluding carboxylic acids is 2. The highest BCUT2D eigenvalue weighted by molar-refractivity contribution is 6.12. The molecule has 1 aromatic heterocycles. The van der Waals surface area contributed by atoms with Crippen LogP contribution < -0.4 is 15.2 Å². The smallest absolute Gasteiger partial charge is 0.493 e. The first-order chi connectivity index (χ1) is 19.4. The van der Waals surface area contributed by atoms with Gasteiger partial charge >= 0.3 is 18.3 Å². The molecule has 0 spiro atoms. The lowest BCUT2D eigenvalue weighted by Crippen LogP contribution is -2.41. The molecule has 0 radical (unpaired) electrons. The maximum atomic E-state index is 13.7. The predicted molar refractivity (Wildman–Crippen MR) is 143 cm³/mol. The SMILES string of the molecule is CCOC(CC)(OCC)OC(=O)OC(C(C)C)n1nc(C(=O)c2cc(OC)c(OC)cc2N)c(C(C)OC(=O)O)n1. The van der Waals surface area contributed by atoms with Crippen LogP contribution in [0.2, 0.25) is 0 Å². The van der Waals surface area contributed by atoms with Gasteiger partial charge in [0.25, 0.3) is 0 Å². The number of nitrogens with zero attached hydrogens (tertiary/aromatic N) is 3. The van der Waals surface area contributed by atoms with Crippen LogP contribution in [-0.2, 0) is 23.7 Å². The Morgan fingerprint density at radius 3 is 2.05 bits per heavy atom. The van der Waals surface area contributed by atoms with Gasteiger partial charge in [-0.25, -0.2) is 9.59 Å². The van der Waals surface area contributed by atoms with Crippen LogP contribution in [0, 0.1) is 5.92 Å². The average molecular weight is 583 g/mol. The third-order valence-electron chi connectivity index (χ3n) is 5.75. The van der Waals surface area contributed by atoms with Crippen LogP contribution in [0.1, 0.15) is 82.0 Å². The van der Waals surface area contributed by atoms with Crippen molar-refractivity contribution in [3.05, 3.63) is 29.1 Å². The molecule has 15 nitrogen and oxygen atoms in total. The highest BCUT2D eigenvalue weighted by Crippen LogP contribution is 2.34. The first-order valence-corrected chi connectivity index (χ1v) is 13.0. The van der Waals surface area contributed by atoms with Crippen LogP contribution in [0.25, 0.3) is 0 Å². The fourth-order valence-electron chi connectivity index (χ4n) is 3.83. The summed E-state index contributed by atoms with van der Waals surface area (Å²) in [4.78, 5) is 38.8. The number of anilines is 1. The summed E-state index contributed by atoms with van der Waals surface area (Å²) in [5.41, 5.74) is 5.73. The number of methoxy groups -OCH3 is 2. The van der Waals surface area contributed by atoms with Gasteiger partial charge in [-0.2, -0.15) is 0 Å². The number of nitrogens with two attached hydrogens (primary N) is 1. The zero-order valence-corrected chi connectivity index (χ0v) is 24.5. The van der Waals surface area contributed by atoms with E-state index in [1.807, 2.05) is 0 Å². The van der Waals surface area contributed by atoms with Crippen LogP contribution in [0.15, 0.2) is 12.1 Å². The van der Waals surface area contributed by atoms with Crippen molar-refractivity contribution < 1.29 is 52.6 Å². The van der Waals surface area contributed by atoms with Crippen molar-refractivity contribution in [3.63, 3.8) is 0 Å². The predicted octanol–water partition coefficient (Wildman–Crippen LogP) is 4.31. The van der Waals surface area contributed by atoms with E-state index in [4.69, 9.17) is 38.9 Å². The maximum Gasteiger partial charge on any atom is 0.514 e. The number of ketones is 1. The molecule has 0 saturated heterocycles. The van der Waals surface area contributed by atoms with Gasteiger partial charge in [0.1, 0.15) is 11.8 Å². The highest BCUT2D eigenvalue weighted by atomic mass is 16.9. The van der Waals surface area contributed by atoms with Crippen LogP contribution in [-0.4, -0.2) is 71.6 Å². The molecule has 2 atom stereocenters. The molecular weight excluding hydrogens is 544 g/mol. The van der Waals surface area contributed by atoms with Crippen molar-refractivity contribution in [3.8, 4) is 11.5 Å². The molecule has 0 fully saturated rings. The number of benzene rings is 1. The minimum absolute atomic E-state index is 0.0129. The summed E-state index contributed by atoms with van der Waals surface area (Å²) in [5.74, 6) is -2.30. The normalized spacial score (nSPS) is 12.9. The Balaban J connectivity index is 2.56. The third kappa shape index (κ3) is 7.98. The van der Waals surface area contributed by atoms with Gasteiger partial charge in [0.2, 0.25) is 12.0 Å². The Kier molecular flexibility index (Phi) is 11.7. The van der Waals surface area contributed by atoms with E-state index >= 15 is 0 Å². The van der Waals surface area contributed by atoms with Gasteiger partial charge in [-0.1, -0.05) is 20.8 Å². The fraction of sp³-hybridized carbons (Fsp3) is 0.577. The third-order valence-corrected chi connectivity index (χ3v) is 5.75. The quantitative estimate of drug-likeness (QED) is 0.130. The second kappa shape index (κ2) is 14.5. The summed E-state index contributed by atoms with van der Waals surface area (Å²) in [6.07, 6.45) is -4.99. The molecule has 0 aliphatic rings. The standard InChI is InChI=1S/C26H38N4O11/c1-9-26(37-10-2,38-11-3)41-25(34)40-23(14(4)5)30-28-20(15(6)39-24(32)33)21(29-30)22(31)16-12-18(35-7)19(36-8)13-17(16)27/h12-15,23H,9-11,27H2,1-8H3,(H,32,33). The zero-order valence-electron chi connectivity index (χ0n) is 24.5. The van der Waals surface area contributed by atoms with Gasteiger partial charge in [-0.3, -0.25) is 4.79 Å². The topological polar surface area (TPSA) is 193 Å². The van der Waals surface area contributed by atoms with E-state index in [-0.39, 0.29) is 48.0 Å². The lowest BCUT2D eigenvalue weighted by molar-refractivity contribution is -0.360. The summed E-state index contributed by atoms with van der Waals surface area (Å²) >= 11 is 0. The maximum absolute atomic E-state index is 13.7. The second-order valence-electron chi connectivity index (χ2n) is 8.91. The number of carboxylic acid groups (broad SMARTS) is 1. The van der Waals surface area contributed by atoms with Crippen LogP contribution in [0.4, 0.5) is 15.3 Å². The first kappa shape index (κ1) is 33.1. The van der Waals surface area contributed by atoms with E-state index < -0.39 is 42.3 Å². The largest absolute Gasteiger partial charge is 0.514 e. The molecule has 1 heterocycles. The Morgan fingerprint density at radius 1 is 0.976 bits per heavy atom. The Morgan fingerprint density at radius 2 is 1.56 bits per heavy atom. The Hall–Kier alpha value is -4.11. The molecule has 2 unspecified atom stereocenters. The fourth-order valence-corrected chi connectivity index (χ4v) is 3.83. The van der Waals surface area contributed by atoms with Crippen molar-refractivity contribution >= 4 is 23.8 Å². The molecule has 41 heavy (non-hydrogen) atoms. The number of nitrogen functional groups attached to an aromatic ring is 1. The molecule has 3 N–H and O–H groups in total. The summed E-state index contributed by atoms with van der Waals surface area (Å²) in [7, 11) is 2.80. The molecule has 1 aromatic carbocycles. The monoisotopic (exact) mass is 582 g/mol. The average Bonchev–Trinajstić information content (AvgIpc) is 3.36. The minimum atomic E-state index is -1.67. The molecule has 2 aromatic rings.